The normalized spacial score (nSPS) is 10.6. The monoisotopic (exact) mass is 207 g/mol. The molecule has 0 unspecified atom stereocenters. The van der Waals surface area contributed by atoms with E-state index in [9.17, 15) is 0 Å². The molecule has 1 aromatic heterocycles. The summed E-state index contributed by atoms with van der Waals surface area (Å²) in [5.41, 5.74) is 3.52. The third kappa shape index (κ3) is 4.40. The number of rotatable bonds is 6. The van der Waals surface area contributed by atoms with Gasteiger partial charge in [-0.25, -0.2) is 0 Å². The van der Waals surface area contributed by atoms with Gasteiger partial charge in [0.25, 0.3) is 0 Å². The Hall–Kier alpha value is -0.930. The van der Waals surface area contributed by atoms with Crippen LogP contribution in [0.5, 0.6) is 0 Å². The number of aromatic nitrogens is 1. The minimum Gasteiger partial charge on any atom is -0.320 e. The second kappa shape index (κ2) is 6.53. The lowest BCUT2D eigenvalue weighted by Crippen LogP contribution is -2.20. The van der Waals surface area contributed by atoms with Crippen LogP contribution in [0.3, 0.4) is 0 Å². The molecule has 1 aromatic rings. The van der Waals surface area contributed by atoms with Gasteiger partial charge in [-0.15, -0.1) is 0 Å². The number of aryl methyl sites for hydroxylation is 2. The molecule has 0 radical (unpaired) electrons. The third-order valence-corrected chi connectivity index (χ3v) is 2.43. The lowest BCUT2D eigenvalue weighted by Gasteiger charge is -2.07. The van der Waals surface area contributed by atoms with E-state index in [1.807, 2.05) is 14.0 Å². The van der Waals surface area contributed by atoms with Crippen molar-refractivity contribution in [2.45, 2.75) is 26.8 Å². The first kappa shape index (κ1) is 12.1. The van der Waals surface area contributed by atoms with E-state index in [0.717, 1.165) is 37.4 Å². The van der Waals surface area contributed by atoms with Crippen LogP contribution in [0.15, 0.2) is 12.1 Å². The highest BCUT2D eigenvalue weighted by molar-refractivity contribution is 5.21. The first-order valence-corrected chi connectivity index (χ1v) is 5.52. The third-order valence-electron chi connectivity index (χ3n) is 2.43. The van der Waals surface area contributed by atoms with E-state index in [2.05, 4.69) is 34.7 Å². The number of hydrogen-bond acceptors (Lipinski definition) is 3. The van der Waals surface area contributed by atoms with Gasteiger partial charge >= 0.3 is 0 Å². The van der Waals surface area contributed by atoms with Crippen LogP contribution in [-0.4, -0.2) is 25.1 Å². The molecule has 84 valence electrons. The molecule has 3 heteroatoms. The zero-order valence-electron chi connectivity index (χ0n) is 9.93. The van der Waals surface area contributed by atoms with Gasteiger partial charge in [0.05, 0.1) is 0 Å². The molecule has 15 heavy (non-hydrogen) atoms. The molecular formula is C12H21N3. The summed E-state index contributed by atoms with van der Waals surface area (Å²) < 4.78 is 0. The molecule has 0 aliphatic heterocycles. The van der Waals surface area contributed by atoms with Crippen molar-refractivity contribution < 1.29 is 0 Å². The van der Waals surface area contributed by atoms with E-state index in [4.69, 9.17) is 0 Å². The number of hydrogen-bond donors (Lipinski definition) is 2. The Balaban J connectivity index is 2.31. The van der Waals surface area contributed by atoms with Gasteiger partial charge in [0.1, 0.15) is 0 Å². The second-order valence-electron chi connectivity index (χ2n) is 3.83. The van der Waals surface area contributed by atoms with Crippen LogP contribution in [0.25, 0.3) is 0 Å². The van der Waals surface area contributed by atoms with Crippen molar-refractivity contribution in [3.63, 3.8) is 0 Å². The first-order valence-electron chi connectivity index (χ1n) is 5.52. The van der Waals surface area contributed by atoms with Crippen molar-refractivity contribution in [3.8, 4) is 0 Å². The Labute approximate surface area is 92.3 Å². The summed E-state index contributed by atoms with van der Waals surface area (Å²) in [6.07, 6.45) is 1.16. The predicted molar refractivity (Wildman–Crippen MR) is 64.0 cm³/mol. The van der Waals surface area contributed by atoms with Gasteiger partial charge in [-0.05, 0) is 52.0 Å². The summed E-state index contributed by atoms with van der Waals surface area (Å²) in [6, 6.07) is 4.22. The second-order valence-corrected chi connectivity index (χ2v) is 3.83. The molecule has 0 aromatic carbocycles. The Morgan fingerprint density at radius 1 is 1.20 bits per heavy atom. The van der Waals surface area contributed by atoms with Gasteiger partial charge in [-0.3, -0.25) is 4.98 Å². The summed E-state index contributed by atoms with van der Waals surface area (Å²) in [7, 11) is 1.98. The topological polar surface area (TPSA) is 37.0 Å². The minimum absolute atomic E-state index is 0.919. The number of nitrogens with one attached hydrogen (secondary N) is 2. The zero-order valence-corrected chi connectivity index (χ0v) is 9.93. The zero-order chi connectivity index (χ0) is 11.1. The molecule has 1 rings (SSSR count). The summed E-state index contributed by atoms with van der Waals surface area (Å²) >= 11 is 0. The fraction of sp³-hybridized carbons (Fsp3) is 0.583. The molecule has 3 nitrogen and oxygen atoms in total. The van der Waals surface area contributed by atoms with E-state index >= 15 is 0 Å². The average molecular weight is 207 g/mol. The first-order chi connectivity index (χ1) is 7.24. The molecule has 0 atom stereocenters. The van der Waals surface area contributed by atoms with Gasteiger partial charge in [-0.2, -0.15) is 0 Å². The van der Waals surface area contributed by atoms with Crippen molar-refractivity contribution >= 4 is 0 Å². The molecule has 0 saturated carbocycles. The van der Waals surface area contributed by atoms with Crippen LogP contribution in [0.4, 0.5) is 0 Å². The van der Waals surface area contributed by atoms with E-state index in [1.165, 1.54) is 5.56 Å². The van der Waals surface area contributed by atoms with Crippen molar-refractivity contribution in [2.24, 2.45) is 0 Å². The molecule has 1 heterocycles. The number of nitrogens with zero attached hydrogens (tertiary/aromatic N) is 1. The van der Waals surface area contributed by atoms with Crippen LogP contribution in [-0.2, 0) is 6.54 Å². The van der Waals surface area contributed by atoms with E-state index in [1.54, 1.807) is 0 Å². The van der Waals surface area contributed by atoms with Crippen LogP contribution in [0.2, 0.25) is 0 Å². The van der Waals surface area contributed by atoms with E-state index < -0.39 is 0 Å². The Morgan fingerprint density at radius 3 is 2.67 bits per heavy atom. The van der Waals surface area contributed by atoms with Crippen molar-refractivity contribution in [2.75, 3.05) is 20.1 Å². The van der Waals surface area contributed by atoms with Gasteiger partial charge < -0.3 is 10.6 Å². The highest BCUT2D eigenvalue weighted by atomic mass is 14.9. The van der Waals surface area contributed by atoms with Crippen LogP contribution >= 0.6 is 0 Å². The Bertz CT molecular complexity index is 297. The average Bonchev–Trinajstić information content (AvgIpc) is 2.20. The Kier molecular flexibility index (Phi) is 5.29. The highest BCUT2D eigenvalue weighted by Crippen LogP contribution is 2.05. The standard InChI is InChI=1S/C12H21N3/c1-10-5-6-12(11(2)15-10)9-14-8-4-7-13-3/h5-6,13-14H,4,7-9H2,1-3H3. The molecule has 2 N–H and O–H groups in total. The van der Waals surface area contributed by atoms with Gasteiger partial charge in [0.15, 0.2) is 0 Å². The largest absolute Gasteiger partial charge is 0.320 e. The Morgan fingerprint density at radius 2 is 2.00 bits per heavy atom. The highest BCUT2D eigenvalue weighted by Gasteiger charge is 1.98. The quantitative estimate of drug-likeness (QED) is 0.692. The van der Waals surface area contributed by atoms with Crippen LogP contribution in [0, 0.1) is 13.8 Å². The summed E-state index contributed by atoms with van der Waals surface area (Å²) in [4.78, 5) is 4.44. The van der Waals surface area contributed by atoms with Gasteiger partial charge in [0, 0.05) is 17.9 Å². The molecule has 0 amide bonds. The smallest absolute Gasteiger partial charge is 0.0420 e. The van der Waals surface area contributed by atoms with Gasteiger partial charge in [-0.1, -0.05) is 6.07 Å². The lowest BCUT2D eigenvalue weighted by atomic mass is 10.2. The molecular weight excluding hydrogens is 186 g/mol. The summed E-state index contributed by atoms with van der Waals surface area (Å²) in [5.74, 6) is 0. The molecule has 0 fully saturated rings. The van der Waals surface area contributed by atoms with Gasteiger partial charge in [0.2, 0.25) is 0 Å². The maximum absolute atomic E-state index is 4.44. The maximum atomic E-state index is 4.44. The fourth-order valence-corrected chi connectivity index (χ4v) is 1.52. The van der Waals surface area contributed by atoms with Crippen LogP contribution < -0.4 is 10.6 Å². The SMILES string of the molecule is CNCCCNCc1ccc(C)nc1C. The van der Waals surface area contributed by atoms with Crippen LogP contribution in [0.1, 0.15) is 23.4 Å². The molecule has 0 bridgehead atoms. The summed E-state index contributed by atoms with van der Waals surface area (Å²) in [5, 5.41) is 6.55. The van der Waals surface area contributed by atoms with E-state index in [-0.39, 0.29) is 0 Å². The maximum Gasteiger partial charge on any atom is 0.0420 e. The van der Waals surface area contributed by atoms with Crippen molar-refractivity contribution in [1.29, 1.82) is 0 Å². The lowest BCUT2D eigenvalue weighted by molar-refractivity contribution is 0.622. The molecule has 0 saturated heterocycles. The predicted octanol–water partition coefficient (Wildman–Crippen LogP) is 1.40. The minimum atomic E-state index is 0.919. The fourth-order valence-electron chi connectivity index (χ4n) is 1.52. The molecule has 0 aliphatic rings. The molecule has 0 aliphatic carbocycles. The van der Waals surface area contributed by atoms with Crippen molar-refractivity contribution in [1.82, 2.24) is 15.6 Å². The van der Waals surface area contributed by atoms with Crippen molar-refractivity contribution in [3.05, 3.63) is 29.1 Å². The number of pyridine rings is 1. The van der Waals surface area contributed by atoms with E-state index in [0.29, 0.717) is 0 Å². The molecule has 0 spiro atoms. The summed E-state index contributed by atoms with van der Waals surface area (Å²) in [6.45, 7) is 7.13.